The van der Waals surface area contributed by atoms with E-state index in [1.54, 1.807) is 30.0 Å². The lowest BCUT2D eigenvalue weighted by Crippen LogP contribution is -2.30. The first-order chi connectivity index (χ1) is 8.20. The summed E-state index contributed by atoms with van der Waals surface area (Å²) in [4.78, 5) is 0. The van der Waals surface area contributed by atoms with Crippen molar-refractivity contribution in [3.05, 3.63) is 23.2 Å². The predicted octanol–water partition coefficient (Wildman–Crippen LogP) is 2.55. The van der Waals surface area contributed by atoms with Crippen LogP contribution in [-0.2, 0) is 0 Å². The Labute approximate surface area is 108 Å². The molecule has 1 atom stereocenters. The standard InChI is InChI=1S/C11H13ClN2O2S/c1-17-6-8(13)5-15-11-9-4-7(12)2-3-10(9)16-14-11/h2-4,8H,5-6,13H2,1H3/t8-/m1/s1. The molecule has 2 aromatic rings. The van der Waals surface area contributed by atoms with Crippen molar-refractivity contribution >= 4 is 34.3 Å². The van der Waals surface area contributed by atoms with Crippen LogP contribution in [0.5, 0.6) is 5.88 Å². The summed E-state index contributed by atoms with van der Waals surface area (Å²) in [6, 6.07) is 5.26. The third kappa shape index (κ3) is 3.06. The first-order valence-corrected chi connectivity index (χ1v) is 6.90. The number of rotatable bonds is 5. The highest BCUT2D eigenvalue weighted by Crippen LogP contribution is 2.27. The maximum atomic E-state index is 5.91. The van der Waals surface area contributed by atoms with Crippen LogP contribution in [0.3, 0.4) is 0 Å². The summed E-state index contributed by atoms with van der Waals surface area (Å²) in [6.07, 6.45) is 2.01. The lowest BCUT2D eigenvalue weighted by atomic mass is 10.2. The van der Waals surface area contributed by atoms with Crippen LogP contribution in [-0.4, -0.2) is 29.8 Å². The minimum Gasteiger partial charge on any atom is -0.473 e. The van der Waals surface area contributed by atoms with Crippen molar-refractivity contribution in [2.24, 2.45) is 5.73 Å². The zero-order valence-corrected chi connectivity index (χ0v) is 10.9. The lowest BCUT2D eigenvalue weighted by Gasteiger charge is -2.09. The second-order valence-corrected chi connectivity index (χ2v) is 5.00. The van der Waals surface area contributed by atoms with E-state index < -0.39 is 0 Å². The fraction of sp³-hybridized carbons (Fsp3) is 0.364. The van der Waals surface area contributed by atoms with Crippen LogP contribution in [0.1, 0.15) is 0 Å². The van der Waals surface area contributed by atoms with Crippen LogP contribution in [0.25, 0.3) is 11.0 Å². The van der Waals surface area contributed by atoms with Gasteiger partial charge in [0.2, 0.25) is 0 Å². The van der Waals surface area contributed by atoms with Crippen LogP contribution < -0.4 is 10.5 Å². The van der Waals surface area contributed by atoms with Crippen LogP contribution >= 0.6 is 23.4 Å². The number of benzene rings is 1. The molecule has 0 amide bonds. The molecule has 0 bridgehead atoms. The monoisotopic (exact) mass is 272 g/mol. The molecule has 0 saturated carbocycles. The summed E-state index contributed by atoms with van der Waals surface area (Å²) in [5.41, 5.74) is 6.50. The Balaban J connectivity index is 2.10. The summed E-state index contributed by atoms with van der Waals surface area (Å²) >= 11 is 7.59. The van der Waals surface area contributed by atoms with Crippen molar-refractivity contribution < 1.29 is 9.26 Å². The lowest BCUT2D eigenvalue weighted by molar-refractivity contribution is 0.270. The molecule has 6 heteroatoms. The molecule has 17 heavy (non-hydrogen) atoms. The van der Waals surface area contributed by atoms with Gasteiger partial charge in [0, 0.05) is 16.8 Å². The largest absolute Gasteiger partial charge is 0.473 e. The molecule has 4 nitrogen and oxygen atoms in total. The predicted molar refractivity (Wildman–Crippen MR) is 70.9 cm³/mol. The summed E-state index contributed by atoms with van der Waals surface area (Å²) < 4.78 is 10.6. The maximum absolute atomic E-state index is 5.91. The van der Waals surface area contributed by atoms with E-state index in [1.165, 1.54) is 0 Å². The molecule has 0 spiro atoms. The van der Waals surface area contributed by atoms with Crippen LogP contribution in [0, 0.1) is 0 Å². The van der Waals surface area contributed by atoms with E-state index in [-0.39, 0.29) is 6.04 Å². The number of fused-ring (bicyclic) bond motifs is 1. The van der Waals surface area contributed by atoms with Gasteiger partial charge in [-0.1, -0.05) is 11.6 Å². The van der Waals surface area contributed by atoms with Gasteiger partial charge in [-0.15, -0.1) is 0 Å². The van der Waals surface area contributed by atoms with E-state index >= 15 is 0 Å². The molecular weight excluding hydrogens is 260 g/mol. The molecule has 1 aromatic carbocycles. The smallest absolute Gasteiger partial charge is 0.262 e. The molecular formula is C11H13ClN2O2S. The van der Waals surface area contributed by atoms with Gasteiger partial charge in [0.25, 0.3) is 5.88 Å². The second-order valence-electron chi connectivity index (χ2n) is 3.65. The zero-order chi connectivity index (χ0) is 12.3. The minimum atomic E-state index is -0.0177. The summed E-state index contributed by atoms with van der Waals surface area (Å²) in [5.74, 6) is 1.29. The van der Waals surface area contributed by atoms with Gasteiger partial charge in [0.1, 0.15) is 6.61 Å². The van der Waals surface area contributed by atoms with E-state index in [9.17, 15) is 0 Å². The second kappa shape index (κ2) is 5.62. The Bertz CT molecular complexity index is 503. The maximum Gasteiger partial charge on any atom is 0.262 e. The van der Waals surface area contributed by atoms with Gasteiger partial charge in [-0.3, -0.25) is 0 Å². The molecule has 0 radical (unpaired) electrons. The number of nitrogens with two attached hydrogens (primary N) is 1. The van der Waals surface area contributed by atoms with Gasteiger partial charge in [0.05, 0.1) is 5.39 Å². The van der Waals surface area contributed by atoms with E-state index in [1.807, 2.05) is 6.26 Å². The van der Waals surface area contributed by atoms with E-state index in [2.05, 4.69) is 5.16 Å². The third-order valence-corrected chi connectivity index (χ3v) is 3.21. The van der Waals surface area contributed by atoms with Gasteiger partial charge in [0.15, 0.2) is 5.58 Å². The number of ether oxygens (including phenoxy) is 1. The van der Waals surface area contributed by atoms with E-state index in [0.717, 1.165) is 11.1 Å². The van der Waals surface area contributed by atoms with Crippen LogP contribution in [0.4, 0.5) is 0 Å². The normalized spacial score (nSPS) is 12.9. The first kappa shape index (κ1) is 12.5. The summed E-state index contributed by atoms with van der Waals surface area (Å²) in [6.45, 7) is 0.412. The van der Waals surface area contributed by atoms with Crippen molar-refractivity contribution in [3.8, 4) is 5.88 Å². The third-order valence-electron chi connectivity index (χ3n) is 2.21. The van der Waals surface area contributed by atoms with Gasteiger partial charge in [-0.2, -0.15) is 11.8 Å². The van der Waals surface area contributed by atoms with Gasteiger partial charge in [-0.25, -0.2) is 0 Å². The number of thioether (sulfide) groups is 1. The van der Waals surface area contributed by atoms with Crippen molar-refractivity contribution in [3.63, 3.8) is 0 Å². The Morgan fingerprint density at radius 2 is 2.41 bits per heavy atom. The van der Waals surface area contributed by atoms with Gasteiger partial charge in [-0.05, 0) is 29.6 Å². The molecule has 0 aliphatic carbocycles. The van der Waals surface area contributed by atoms with Gasteiger partial charge >= 0.3 is 0 Å². The van der Waals surface area contributed by atoms with Crippen molar-refractivity contribution in [2.75, 3.05) is 18.6 Å². The number of aromatic nitrogens is 1. The highest BCUT2D eigenvalue weighted by atomic mass is 35.5. The molecule has 0 aliphatic heterocycles. The fourth-order valence-electron chi connectivity index (χ4n) is 1.44. The fourth-order valence-corrected chi connectivity index (χ4v) is 2.14. The first-order valence-electron chi connectivity index (χ1n) is 5.13. The summed E-state index contributed by atoms with van der Waals surface area (Å²) in [7, 11) is 0. The average molecular weight is 273 g/mol. The van der Waals surface area contributed by atoms with Crippen molar-refractivity contribution in [1.82, 2.24) is 5.16 Å². The van der Waals surface area contributed by atoms with Crippen molar-refractivity contribution in [1.29, 1.82) is 0 Å². The molecule has 0 saturated heterocycles. The van der Waals surface area contributed by atoms with Gasteiger partial charge < -0.3 is 15.0 Å². The van der Waals surface area contributed by atoms with E-state index in [0.29, 0.717) is 23.1 Å². The summed E-state index contributed by atoms with van der Waals surface area (Å²) in [5, 5.41) is 5.25. The van der Waals surface area contributed by atoms with Crippen LogP contribution in [0.2, 0.25) is 5.02 Å². The number of hydrogen-bond donors (Lipinski definition) is 1. The molecule has 0 aliphatic rings. The molecule has 2 N–H and O–H groups in total. The Kier molecular flexibility index (Phi) is 4.15. The SMILES string of the molecule is CSC[C@H](N)COc1noc2ccc(Cl)cc12. The van der Waals surface area contributed by atoms with Crippen molar-refractivity contribution in [2.45, 2.75) is 6.04 Å². The molecule has 2 rings (SSSR count). The Hall–Kier alpha value is -0.910. The molecule has 0 fully saturated rings. The quantitative estimate of drug-likeness (QED) is 0.906. The molecule has 1 heterocycles. The highest BCUT2D eigenvalue weighted by molar-refractivity contribution is 7.98. The molecule has 0 unspecified atom stereocenters. The number of nitrogens with zero attached hydrogens (tertiary/aromatic N) is 1. The average Bonchev–Trinajstić information content (AvgIpc) is 2.69. The Morgan fingerprint density at radius 3 is 3.18 bits per heavy atom. The number of halogens is 1. The minimum absolute atomic E-state index is 0.0177. The Morgan fingerprint density at radius 1 is 1.59 bits per heavy atom. The highest BCUT2D eigenvalue weighted by Gasteiger charge is 2.11. The van der Waals surface area contributed by atoms with E-state index in [4.69, 9.17) is 26.6 Å². The van der Waals surface area contributed by atoms with Crippen LogP contribution in [0.15, 0.2) is 22.7 Å². The zero-order valence-electron chi connectivity index (χ0n) is 9.35. The molecule has 1 aromatic heterocycles. The molecule has 92 valence electrons. The number of hydrogen-bond acceptors (Lipinski definition) is 5. The topological polar surface area (TPSA) is 61.3 Å².